The summed E-state index contributed by atoms with van der Waals surface area (Å²) in [4.78, 5) is 6.54. The van der Waals surface area contributed by atoms with E-state index in [4.69, 9.17) is 0 Å². The molecule has 0 atom stereocenters. The first-order valence-electron chi connectivity index (χ1n) is 9.13. The van der Waals surface area contributed by atoms with Crippen molar-refractivity contribution >= 4 is 29.9 Å². The van der Waals surface area contributed by atoms with Gasteiger partial charge in [0, 0.05) is 32.1 Å². The third-order valence-corrected chi connectivity index (χ3v) is 4.43. The van der Waals surface area contributed by atoms with Gasteiger partial charge in [-0.2, -0.15) is 0 Å². The van der Waals surface area contributed by atoms with Crippen LogP contribution < -0.4 is 10.6 Å². The van der Waals surface area contributed by atoms with E-state index in [0.29, 0.717) is 0 Å². The minimum Gasteiger partial charge on any atom is -0.356 e. The molecule has 0 heterocycles. The maximum atomic E-state index is 4.36. The van der Waals surface area contributed by atoms with Crippen LogP contribution in [0.4, 0.5) is 0 Å². The van der Waals surface area contributed by atoms with Crippen LogP contribution in [0.15, 0.2) is 59.6 Å². The summed E-state index contributed by atoms with van der Waals surface area (Å²) in [7, 11) is 5.99. The molecule has 0 unspecified atom stereocenters. The van der Waals surface area contributed by atoms with E-state index in [-0.39, 0.29) is 29.4 Å². The Morgan fingerprint density at radius 1 is 0.963 bits per heavy atom. The van der Waals surface area contributed by atoms with Crippen molar-refractivity contribution in [3.8, 4) is 0 Å². The van der Waals surface area contributed by atoms with Gasteiger partial charge >= 0.3 is 0 Å². The lowest BCUT2D eigenvalue weighted by atomic mass is 9.85. The summed E-state index contributed by atoms with van der Waals surface area (Å²) in [5.41, 5.74) is 3.93. The Balaban J connectivity index is 0.00000364. The first-order valence-corrected chi connectivity index (χ1v) is 9.13. The van der Waals surface area contributed by atoms with Crippen molar-refractivity contribution in [2.45, 2.75) is 32.4 Å². The second-order valence-corrected chi connectivity index (χ2v) is 7.59. The number of nitrogens with zero attached hydrogens (tertiary/aromatic N) is 2. The number of halogens is 1. The number of rotatable bonds is 7. The fourth-order valence-corrected chi connectivity index (χ4v) is 2.91. The minimum absolute atomic E-state index is 0. The smallest absolute Gasteiger partial charge is 0.191 e. The van der Waals surface area contributed by atoms with Gasteiger partial charge in [0.15, 0.2) is 5.96 Å². The van der Waals surface area contributed by atoms with Crippen molar-refractivity contribution in [2.24, 2.45) is 4.99 Å². The number of aliphatic imine (C=N–C) groups is 1. The number of hydrogen-bond acceptors (Lipinski definition) is 2. The Hall–Kier alpha value is -1.60. The normalized spacial score (nSPS) is 11.9. The van der Waals surface area contributed by atoms with E-state index < -0.39 is 0 Å². The van der Waals surface area contributed by atoms with Crippen LogP contribution in [0.1, 0.15) is 30.5 Å². The first-order chi connectivity index (χ1) is 12.4. The monoisotopic (exact) mass is 480 g/mol. The molecule has 0 saturated heterocycles. The zero-order valence-corrected chi connectivity index (χ0v) is 19.5. The molecule has 4 nitrogen and oxygen atoms in total. The van der Waals surface area contributed by atoms with Crippen LogP contribution in [-0.4, -0.2) is 38.5 Å². The minimum atomic E-state index is 0. The molecule has 148 valence electrons. The summed E-state index contributed by atoms with van der Waals surface area (Å²) in [6.07, 6.45) is 0. The number of benzene rings is 2. The fraction of sp³-hybridized carbons (Fsp3) is 0.409. The zero-order chi connectivity index (χ0) is 19.0. The zero-order valence-electron chi connectivity index (χ0n) is 17.1. The Kier molecular flexibility index (Phi) is 9.80. The van der Waals surface area contributed by atoms with Crippen molar-refractivity contribution in [1.29, 1.82) is 0 Å². The van der Waals surface area contributed by atoms with Crippen molar-refractivity contribution in [2.75, 3.05) is 27.7 Å². The highest BCUT2D eigenvalue weighted by atomic mass is 127. The van der Waals surface area contributed by atoms with Crippen LogP contribution >= 0.6 is 24.0 Å². The number of nitrogens with one attached hydrogen (secondary N) is 2. The summed E-state index contributed by atoms with van der Waals surface area (Å²) < 4.78 is 0. The molecule has 0 amide bonds. The van der Waals surface area contributed by atoms with Crippen molar-refractivity contribution in [1.82, 2.24) is 15.5 Å². The quantitative estimate of drug-likeness (QED) is 0.358. The van der Waals surface area contributed by atoms with Gasteiger partial charge in [0.05, 0.1) is 0 Å². The van der Waals surface area contributed by atoms with Gasteiger partial charge in [-0.1, -0.05) is 68.4 Å². The highest BCUT2D eigenvalue weighted by Crippen LogP contribution is 2.21. The van der Waals surface area contributed by atoms with E-state index in [1.807, 2.05) is 7.05 Å². The van der Waals surface area contributed by atoms with Crippen LogP contribution in [0.25, 0.3) is 0 Å². The molecule has 2 aromatic carbocycles. The van der Waals surface area contributed by atoms with Gasteiger partial charge in [-0.3, -0.25) is 4.99 Å². The van der Waals surface area contributed by atoms with Crippen molar-refractivity contribution in [3.63, 3.8) is 0 Å². The molecule has 0 radical (unpaired) electrons. The average Bonchev–Trinajstić information content (AvgIpc) is 2.62. The topological polar surface area (TPSA) is 39.7 Å². The highest BCUT2D eigenvalue weighted by Gasteiger charge is 2.20. The molecule has 0 spiro atoms. The lowest BCUT2D eigenvalue weighted by Crippen LogP contribution is -2.43. The molecular formula is C22H33IN4. The van der Waals surface area contributed by atoms with Crippen molar-refractivity contribution < 1.29 is 0 Å². The van der Waals surface area contributed by atoms with Gasteiger partial charge in [-0.05, 0) is 30.8 Å². The van der Waals surface area contributed by atoms with E-state index in [9.17, 15) is 0 Å². The maximum absolute atomic E-state index is 4.36. The molecule has 2 aromatic rings. The summed E-state index contributed by atoms with van der Waals surface area (Å²) in [5, 5.41) is 6.87. The SMILES string of the molecule is CN=C(NCc1cccc(CN(C)C)c1)NCC(C)(C)c1ccccc1.I. The van der Waals surface area contributed by atoms with Gasteiger partial charge in [0.25, 0.3) is 0 Å². The summed E-state index contributed by atoms with van der Waals surface area (Å²) in [5.74, 6) is 0.826. The second-order valence-electron chi connectivity index (χ2n) is 7.59. The maximum Gasteiger partial charge on any atom is 0.191 e. The number of hydrogen-bond donors (Lipinski definition) is 2. The molecule has 0 fully saturated rings. The summed E-state index contributed by atoms with van der Waals surface area (Å²) >= 11 is 0. The highest BCUT2D eigenvalue weighted by molar-refractivity contribution is 14.0. The second kappa shape index (κ2) is 11.3. The molecule has 0 saturated carbocycles. The van der Waals surface area contributed by atoms with E-state index in [0.717, 1.165) is 25.6 Å². The molecule has 0 aromatic heterocycles. The molecular weight excluding hydrogens is 447 g/mol. The van der Waals surface area contributed by atoms with Crippen LogP contribution in [0.2, 0.25) is 0 Å². The summed E-state index contributed by atoms with van der Waals surface area (Å²) in [6, 6.07) is 19.3. The average molecular weight is 480 g/mol. The fourth-order valence-electron chi connectivity index (χ4n) is 2.91. The largest absolute Gasteiger partial charge is 0.356 e. The van der Waals surface area contributed by atoms with Crippen LogP contribution in [0.5, 0.6) is 0 Å². The van der Waals surface area contributed by atoms with Gasteiger partial charge in [-0.15, -0.1) is 24.0 Å². The van der Waals surface area contributed by atoms with E-state index in [1.165, 1.54) is 16.7 Å². The first kappa shape index (κ1) is 23.4. The number of guanidine groups is 1. The molecule has 0 aliphatic carbocycles. The van der Waals surface area contributed by atoms with E-state index in [1.54, 1.807) is 0 Å². The Bertz CT molecular complexity index is 711. The third-order valence-electron chi connectivity index (χ3n) is 4.43. The summed E-state index contributed by atoms with van der Waals surface area (Å²) in [6.45, 7) is 7.01. The van der Waals surface area contributed by atoms with Crippen LogP contribution in [0.3, 0.4) is 0 Å². The molecule has 5 heteroatoms. The molecule has 0 aliphatic heterocycles. The molecule has 0 bridgehead atoms. The van der Waals surface area contributed by atoms with E-state index >= 15 is 0 Å². The van der Waals surface area contributed by atoms with Gasteiger partial charge in [0.1, 0.15) is 0 Å². The predicted molar refractivity (Wildman–Crippen MR) is 127 cm³/mol. The molecule has 2 N–H and O–H groups in total. The predicted octanol–water partition coefficient (Wildman–Crippen LogP) is 4.01. The molecule has 27 heavy (non-hydrogen) atoms. The van der Waals surface area contributed by atoms with Crippen LogP contribution in [0, 0.1) is 0 Å². The lowest BCUT2D eigenvalue weighted by Gasteiger charge is -2.26. The van der Waals surface area contributed by atoms with Gasteiger partial charge in [0.2, 0.25) is 0 Å². The Morgan fingerprint density at radius 3 is 2.26 bits per heavy atom. The Labute approximate surface area is 181 Å². The van der Waals surface area contributed by atoms with Crippen molar-refractivity contribution in [3.05, 3.63) is 71.3 Å². The van der Waals surface area contributed by atoms with Crippen LogP contribution in [-0.2, 0) is 18.5 Å². The molecule has 2 rings (SSSR count). The van der Waals surface area contributed by atoms with Gasteiger partial charge in [-0.25, -0.2) is 0 Å². The molecule has 0 aliphatic rings. The standard InChI is InChI=1S/C22H32N4.HI/c1-22(2,20-12-7-6-8-13-20)17-25-21(23-3)24-15-18-10-9-11-19(14-18)16-26(4)5;/h6-14H,15-17H2,1-5H3,(H2,23,24,25);1H. The Morgan fingerprint density at radius 2 is 1.63 bits per heavy atom. The van der Waals surface area contributed by atoms with E-state index in [2.05, 4.69) is 103 Å². The third kappa shape index (κ3) is 7.89. The lowest BCUT2D eigenvalue weighted by molar-refractivity contribution is 0.402. The van der Waals surface area contributed by atoms with Gasteiger partial charge < -0.3 is 15.5 Å².